The van der Waals surface area contributed by atoms with Gasteiger partial charge in [-0.15, -0.1) is 0 Å². The van der Waals surface area contributed by atoms with E-state index in [1.165, 1.54) is 11.1 Å². The molecule has 0 atom stereocenters. The molecule has 0 aromatic heterocycles. The van der Waals surface area contributed by atoms with Gasteiger partial charge < -0.3 is 0 Å². The zero-order valence-corrected chi connectivity index (χ0v) is 17.8. The Kier molecular flexibility index (Phi) is 8.90. The van der Waals surface area contributed by atoms with E-state index in [1.54, 1.807) is 36.7 Å². The van der Waals surface area contributed by atoms with Crippen molar-refractivity contribution in [1.82, 2.24) is 10.9 Å². The molecule has 0 spiro atoms. The summed E-state index contributed by atoms with van der Waals surface area (Å²) >= 11 is 0. The van der Waals surface area contributed by atoms with Crippen molar-refractivity contribution in [3.8, 4) is 0 Å². The first kappa shape index (κ1) is 22.6. The van der Waals surface area contributed by atoms with Gasteiger partial charge in [-0.25, -0.2) is 10.9 Å². The van der Waals surface area contributed by atoms with Gasteiger partial charge >= 0.3 is 0 Å². The van der Waals surface area contributed by atoms with Gasteiger partial charge in [0, 0.05) is 23.6 Å². The van der Waals surface area contributed by atoms with Gasteiger partial charge in [0.05, 0.1) is 0 Å². The summed E-state index contributed by atoms with van der Waals surface area (Å²) in [4.78, 5) is 24.3. The fraction of sp³-hybridized carbons (Fsp3) is 0.154. The lowest BCUT2D eigenvalue weighted by atomic mass is 10.1. The van der Waals surface area contributed by atoms with E-state index < -0.39 is 0 Å². The molecule has 162 valence electrons. The number of amides is 2. The van der Waals surface area contributed by atoms with Crippen molar-refractivity contribution in [2.45, 2.75) is 25.7 Å². The average Bonchev–Trinajstić information content (AvgIpc) is 2.85. The Hall–Kier alpha value is -4.06. The van der Waals surface area contributed by atoms with Crippen molar-refractivity contribution >= 4 is 24.2 Å². The molecule has 3 aromatic carbocycles. The smallest absolute Gasteiger partial charge is 0.267 e. The molecule has 0 radical (unpaired) electrons. The molecule has 0 aliphatic rings. The Morgan fingerprint density at radius 1 is 0.594 bits per heavy atom. The van der Waals surface area contributed by atoms with E-state index in [2.05, 4.69) is 45.3 Å². The molecule has 6 nitrogen and oxygen atoms in total. The summed E-state index contributed by atoms with van der Waals surface area (Å²) in [5, 5.41) is 7.95. The molecule has 6 heteroatoms. The van der Waals surface area contributed by atoms with Gasteiger partial charge in [-0.1, -0.05) is 60.7 Å². The Balaban J connectivity index is 1.38. The molecule has 0 bridgehead atoms. The standard InChI is InChI=1S/C26H26N4O2/c31-25(29-27-19-7-13-21-9-3-1-4-10-21)23-15-17-24(18-16-23)26(32)30-28-20-8-14-22-11-5-2-6-12-22/h1-6,9-12,15-20H,7-8,13-14H2,(H,29,31)(H,30,32). The van der Waals surface area contributed by atoms with Crippen LogP contribution in [0.25, 0.3) is 0 Å². The molecule has 32 heavy (non-hydrogen) atoms. The summed E-state index contributed by atoms with van der Waals surface area (Å²) in [6, 6.07) is 26.5. The Labute approximate surface area is 188 Å². The molecule has 2 amide bonds. The summed E-state index contributed by atoms with van der Waals surface area (Å²) in [5.41, 5.74) is 8.30. The zero-order valence-electron chi connectivity index (χ0n) is 17.8. The summed E-state index contributed by atoms with van der Waals surface area (Å²) in [5.74, 6) is -0.654. The third kappa shape index (κ3) is 7.65. The molecular formula is C26H26N4O2. The highest BCUT2D eigenvalue weighted by Crippen LogP contribution is 2.05. The molecule has 0 unspecified atom stereocenters. The van der Waals surface area contributed by atoms with Crippen LogP contribution in [0.4, 0.5) is 0 Å². The van der Waals surface area contributed by atoms with Crippen LogP contribution in [0.15, 0.2) is 95.1 Å². The second kappa shape index (κ2) is 12.6. The number of aryl methyl sites for hydroxylation is 2. The summed E-state index contributed by atoms with van der Waals surface area (Å²) in [7, 11) is 0. The van der Waals surface area contributed by atoms with Gasteiger partial charge in [0.1, 0.15) is 0 Å². The quantitative estimate of drug-likeness (QED) is 0.372. The molecule has 0 heterocycles. The molecule has 0 aliphatic carbocycles. The molecule has 2 N–H and O–H groups in total. The maximum absolute atomic E-state index is 12.2. The monoisotopic (exact) mass is 426 g/mol. The third-order valence-electron chi connectivity index (χ3n) is 4.73. The second-order valence-electron chi connectivity index (χ2n) is 7.13. The number of hydrogen-bond donors (Lipinski definition) is 2. The van der Waals surface area contributed by atoms with Crippen molar-refractivity contribution < 1.29 is 9.59 Å². The largest absolute Gasteiger partial charge is 0.271 e. The van der Waals surface area contributed by atoms with E-state index in [1.807, 2.05) is 36.4 Å². The Morgan fingerprint density at radius 2 is 0.969 bits per heavy atom. The second-order valence-corrected chi connectivity index (χ2v) is 7.13. The van der Waals surface area contributed by atoms with Gasteiger partial charge in [0.15, 0.2) is 0 Å². The molecule has 0 saturated heterocycles. The van der Waals surface area contributed by atoms with Crippen LogP contribution in [0.5, 0.6) is 0 Å². The van der Waals surface area contributed by atoms with Crippen LogP contribution >= 0.6 is 0 Å². The maximum atomic E-state index is 12.2. The fourth-order valence-corrected chi connectivity index (χ4v) is 2.99. The van der Waals surface area contributed by atoms with Crippen LogP contribution in [0.1, 0.15) is 44.7 Å². The SMILES string of the molecule is O=C(NN=CCCc1ccccc1)c1ccc(C(=O)NN=CCCc2ccccc2)cc1. The number of hydrogen-bond acceptors (Lipinski definition) is 4. The summed E-state index contributed by atoms with van der Waals surface area (Å²) < 4.78 is 0. The van der Waals surface area contributed by atoms with Crippen LogP contribution in [-0.2, 0) is 12.8 Å². The topological polar surface area (TPSA) is 82.9 Å². The Bertz CT molecular complexity index is 960. The van der Waals surface area contributed by atoms with Crippen molar-refractivity contribution in [2.75, 3.05) is 0 Å². The van der Waals surface area contributed by atoms with Crippen molar-refractivity contribution in [3.63, 3.8) is 0 Å². The van der Waals surface area contributed by atoms with Gasteiger partial charge in [0.25, 0.3) is 11.8 Å². The van der Waals surface area contributed by atoms with Crippen molar-refractivity contribution in [3.05, 3.63) is 107 Å². The number of nitrogens with one attached hydrogen (secondary N) is 2. The highest BCUT2D eigenvalue weighted by atomic mass is 16.2. The number of benzene rings is 3. The lowest BCUT2D eigenvalue weighted by molar-refractivity contribution is 0.0943. The maximum Gasteiger partial charge on any atom is 0.271 e. The van der Waals surface area contributed by atoms with Gasteiger partial charge in [0.2, 0.25) is 0 Å². The van der Waals surface area contributed by atoms with E-state index in [0.29, 0.717) is 11.1 Å². The lowest BCUT2D eigenvalue weighted by Gasteiger charge is -2.03. The van der Waals surface area contributed by atoms with Crippen LogP contribution in [-0.4, -0.2) is 24.2 Å². The minimum absolute atomic E-state index is 0.327. The van der Waals surface area contributed by atoms with Gasteiger partial charge in [-0.2, -0.15) is 10.2 Å². The van der Waals surface area contributed by atoms with E-state index in [9.17, 15) is 9.59 Å². The molecule has 3 rings (SSSR count). The number of carbonyl (C=O) groups is 2. The zero-order chi connectivity index (χ0) is 22.4. The van der Waals surface area contributed by atoms with E-state index >= 15 is 0 Å². The van der Waals surface area contributed by atoms with E-state index in [4.69, 9.17) is 0 Å². The highest BCUT2D eigenvalue weighted by Gasteiger charge is 2.07. The highest BCUT2D eigenvalue weighted by molar-refractivity contribution is 5.97. The lowest BCUT2D eigenvalue weighted by Crippen LogP contribution is -2.19. The van der Waals surface area contributed by atoms with Gasteiger partial charge in [-0.3, -0.25) is 9.59 Å². The van der Waals surface area contributed by atoms with Crippen LogP contribution < -0.4 is 10.9 Å². The van der Waals surface area contributed by atoms with E-state index in [0.717, 1.165) is 25.7 Å². The molecule has 0 saturated carbocycles. The van der Waals surface area contributed by atoms with Crippen LogP contribution in [0, 0.1) is 0 Å². The first-order valence-corrected chi connectivity index (χ1v) is 10.5. The first-order chi connectivity index (χ1) is 15.7. The number of nitrogens with zero attached hydrogens (tertiary/aromatic N) is 2. The Morgan fingerprint density at radius 3 is 1.34 bits per heavy atom. The number of rotatable bonds is 10. The van der Waals surface area contributed by atoms with Crippen molar-refractivity contribution in [2.24, 2.45) is 10.2 Å². The molecule has 3 aromatic rings. The van der Waals surface area contributed by atoms with Crippen LogP contribution in [0.2, 0.25) is 0 Å². The van der Waals surface area contributed by atoms with E-state index in [-0.39, 0.29) is 11.8 Å². The number of carbonyl (C=O) groups excluding carboxylic acids is 2. The normalized spacial score (nSPS) is 11.0. The molecule has 0 aliphatic heterocycles. The van der Waals surface area contributed by atoms with Crippen LogP contribution in [0.3, 0.4) is 0 Å². The first-order valence-electron chi connectivity index (χ1n) is 10.5. The molecular weight excluding hydrogens is 400 g/mol. The third-order valence-corrected chi connectivity index (χ3v) is 4.73. The average molecular weight is 427 g/mol. The predicted molar refractivity (Wildman–Crippen MR) is 128 cm³/mol. The molecule has 0 fully saturated rings. The predicted octanol–water partition coefficient (Wildman–Crippen LogP) is 4.38. The minimum Gasteiger partial charge on any atom is -0.267 e. The van der Waals surface area contributed by atoms with Gasteiger partial charge in [-0.05, 0) is 61.1 Å². The summed E-state index contributed by atoms with van der Waals surface area (Å²) in [6.07, 6.45) is 6.55. The fourth-order valence-electron chi connectivity index (χ4n) is 2.99. The minimum atomic E-state index is -0.327. The van der Waals surface area contributed by atoms with Crippen molar-refractivity contribution in [1.29, 1.82) is 0 Å². The number of hydrazone groups is 2. The summed E-state index contributed by atoms with van der Waals surface area (Å²) in [6.45, 7) is 0.